The topological polar surface area (TPSA) is 55.4 Å². The van der Waals surface area contributed by atoms with E-state index in [1.807, 2.05) is 39.0 Å². The fourth-order valence-corrected chi connectivity index (χ4v) is 4.71. The third-order valence-electron chi connectivity index (χ3n) is 5.52. The predicted octanol–water partition coefficient (Wildman–Crippen LogP) is 6.05. The lowest BCUT2D eigenvalue weighted by molar-refractivity contribution is -0.148. The van der Waals surface area contributed by atoms with Gasteiger partial charge in [-0.05, 0) is 76.5 Å². The van der Waals surface area contributed by atoms with Crippen LogP contribution >= 0.6 is 11.3 Å². The summed E-state index contributed by atoms with van der Waals surface area (Å²) in [6, 6.07) is 13.6. The Morgan fingerprint density at radius 3 is 2.47 bits per heavy atom. The van der Waals surface area contributed by atoms with Crippen molar-refractivity contribution < 1.29 is 14.3 Å². The van der Waals surface area contributed by atoms with Crippen molar-refractivity contribution in [3.05, 3.63) is 69.4 Å². The van der Waals surface area contributed by atoms with E-state index in [1.54, 1.807) is 18.2 Å². The number of benzene rings is 1. The Balaban J connectivity index is 1.63. The van der Waals surface area contributed by atoms with E-state index < -0.39 is 5.60 Å². The molecular weight excluding hydrogens is 418 g/mol. The molecule has 1 aromatic heterocycles. The molecule has 2 aromatic rings. The number of carbonyl (C=O) groups excluding carboxylic acids is 2. The Labute approximate surface area is 195 Å². The SMILES string of the molecule is C#Cc1ccc(C(=O)NC(CC2CCC(=CC(=O)OC(C)(C)C)CC2)c2ccccc2)s1. The summed E-state index contributed by atoms with van der Waals surface area (Å²) in [7, 11) is 0. The number of ether oxygens (including phenoxy) is 1. The van der Waals surface area contributed by atoms with Crippen LogP contribution in [0.2, 0.25) is 0 Å². The second kappa shape index (κ2) is 10.7. The monoisotopic (exact) mass is 449 g/mol. The Morgan fingerprint density at radius 1 is 1.19 bits per heavy atom. The third-order valence-corrected chi connectivity index (χ3v) is 6.54. The van der Waals surface area contributed by atoms with Gasteiger partial charge in [-0.2, -0.15) is 0 Å². The summed E-state index contributed by atoms with van der Waals surface area (Å²) in [5.41, 5.74) is 1.77. The zero-order chi connectivity index (χ0) is 23.1. The maximum atomic E-state index is 12.9. The summed E-state index contributed by atoms with van der Waals surface area (Å²) in [6.07, 6.45) is 11.7. The zero-order valence-corrected chi connectivity index (χ0v) is 19.8. The molecule has 1 saturated carbocycles. The van der Waals surface area contributed by atoms with E-state index in [2.05, 4.69) is 23.4 Å². The molecule has 0 aliphatic heterocycles. The molecule has 5 heteroatoms. The minimum Gasteiger partial charge on any atom is -0.457 e. The number of thiophene rings is 1. The van der Waals surface area contributed by atoms with Crippen LogP contribution in [0, 0.1) is 18.3 Å². The van der Waals surface area contributed by atoms with Crippen LogP contribution in [0.5, 0.6) is 0 Å². The van der Waals surface area contributed by atoms with E-state index in [1.165, 1.54) is 11.3 Å². The molecule has 0 saturated heterocycles. The molecule has 0 spiro atoms. The van der Waals surface area contributed by atoms with E-state index in [9.17, 15) is 9.59 Å². The number of terminal acetylenes is 1. The number of esters is 1. The Hall–Kier alpha value is -2.84. The van der Waals surface area contributed by atoms with Gasteiger partial charge in [-0.15, -0.1) is 17.8 Å². The normalized spacial score (nSPS) is 17.2. The largest absolute Gasteiger partial charge is 0.457 e. The van der Waals surface area contributed by atoms with Gasteiger partial charge in [0.05, 0.1) is 15.8 Å². The Morgan fingerprint density at radius 2 is 1.88 bits per heavy atom. The Kier molecular flexibility index (Phi) is 7.93. The average Bonchev–Trinajstić information content (AvgIpc) is 3.23. The number of amides is 1. The maximum absolute atomic E-state index is 12.9. The number of hydrogen-bond donors (Lipinski definition) is 1. The van der Waals surface area contributed by atoms with Gasteiger partial charge in [0.2, 0.25) is 0 Å². The summed E-state index contributed by atoms with van der Waals surface area (Å²) in [5.74, 6) is 2.70. The van der Waals surface area contributed by atoms with E-state index in [0.717, 1.165) is 48.1 Å². The van der Waals surface area contributed by atoms with Crippen LogP contribution < -0.4 is 5.32 Å². The van der Waals surface area contributed by atoms with Crippen LogP contribution in [-0.2, 0) is 9.53 Å². The van der Waals surface area contributed by atoms with Gasteiger partial charge >= 0.3 is 5.97 Å². The molecule has 1 aliphatic carbocycles. The first-order chi connectivity index (χ1) is 15.2. The lowest BCUT2D eigenvalue weighted by atomic mass is 9.81. The predicted molar refractivity (Wildman–Crippen MR) is 129 cm³/mol. The number of nitrogens with one attached hydrogen (secondary N) is 1. The highest BCUT2D eigenvalue weighted by molar-refractivity contribution is 7.14. The molecule has 1 N–H and O–H groups in total. The van der Waals surface area contributed by atoms with Gasteiger partial charge in [0.1, 0.15) is 5.60 Å². The number of rotatable bonds is 6. The zero-order valence-electron chi connectivity index (χ0n) is 19.0. The van der Waals surface area contributed by atoms with Gasteiger partial charge in [0.25, 0.3) is 5.91 Å². The van der Waals surface area contributed by atoms with Crippen molar-refractivity contribution in [2.75, 3.05) is 0 Å². The highest BCUT2D eigenvalue weighted by atomic mass is 32.1. The highest BCUT2D eigenvalue weighted by Crippen LogP contribution is 2.35. The van der Waals surface area contributed by atoms with Crippen LogP contribution in [0.25, 0.3) is 0 Å². The maximum Gasteiger partial charge on any atom is 0.331 e. The highest BCUT2D eigenvalue weighted by Gasteiger charge is 2.25. The summed E-state index contributed by atoms with van der Waals surface area (Å²) < 4.78 is 5.41. The van der Waals surface area contributed by atoms with Crippen LogP contribution in [0.1, 0.15) is 79.0 Å². The second-order valence-electron chi connectivity index (χ2n) is 9.26. The van der Waals surface area contributed by atoms with Crippen LogP contribution in [0.3, 0.4) is 0 Å². The summed E-state index contributed by atoms with van der Waals surface area (Å²) in [5, 5.41) is 3.22. The van der Waals surface area contributed by atoms with Crippen molar-refractivity contribution in [1.29, 1.82) is 0 Å². The number of hydrogen-bond acceptors (Lipinski definition) is 4. The number of allylic oxidation sites excluding steroid dienone is 1. The van der Waals surface area contributed by atoms with Crippen molar-refractivity contribution in [2.45, 2.75) is 64.5 Å². The van der Waals surface area contributed by atoms with E-state index in [0.29, 0.717) is 10.8 Å². The first kappa shape index (κ1) is 23.8. The minimum atomic E-state index is -0.476. The van der Waals surface area contributed by atoms with Gasteiger partial charge in [0.15, 0.2) is 0 Å². The molecule has 168 valence electrons. The van der Waals surface area contributed by atoms with Crippen molar-refractivity contribution >= 4 is 23.2 Å². The Bertz CT molecular complexity index is 998. The summed E-state index contributed by atoms with van der Waals surface area (Å²) >= 11 is 1.33. The molecule has 1 fully saturated rings. The van der Waals surface area contributed by atoms with Gasteiger partial charge in [-0.25, -0.2) is 4.79 Å². The first-order valence-corrected chi connectivity index (χ1v) is 11.9. The van der Waals surface area contributed by atoms with Gasteiger partial charge < -0.3 is 10.1 Å². The molecule has 1 heterocycles. The smallest absolute Gasteiger partial charge is 0.331 e. The van der Waals surface area contributed by atoms with Crippen molar-refractivity contribution in [2.24, 2.45) is 5.92 Å². The molecule has 0 bridgehead atoms. The van der Waals surface area contributed by atoms with Gasteiger partial charge in [-0.1, -0.05) is 41.8 Å². The summed E-state index contributed by atoms with van der Waals surface area (Å²) in [6.45, 7) is 5.63. The minimum absolute atomic E-state index is 0.0681. The number of carbonyl (C=O) groups is 2. The molecule has 1 amide bonds. The molecule has 1 unspecified atom stereocenters. The van der Waals surface area contributed by atoms with E-state index in [4.69, 9.17) is 11.2 Å². The van der Waals surface area contributed by atoms with Gasteiger partial charge in [0, 0.05) is 6.08 Å². The van der Waals surface area contributed by atoms with Crippen molar-refractivity contribution in [3.8, 4) is 12.3 Å². The van der Waals surface area contributed by atoms with Crippen LogP contribution in [-0.4, -0.2) is 17.5 Å². The van der Waals surface area contributed by atoms with E-state index in [-0.39, 0.29) is 17.9 Å². The quantitative estimate of drug-likeness (QED) is 0.332. The van der Waals surface area contributed by atoms with Crippen molar-refractivity contribution in [3.63, 3.8) is 0 Å². The van der Waals surface area contributed by atoms with Gasteiger partial charge in [-0.3, -0.25) is 4.79 Å². The third kappa shape index (κ3) is 7.10. The van der Waals surface area contributed by atoms with Crippen LogP contribution in [0.4, 0.5) is 0 Å². The van der Waals surface area contributed by atoms with E-state index >= 15 is 0 Å². The fraction of sp³-hybridized carbons (Fsp3) is 0.407. The standard InChI is InChI=1S/C27H31NO3S/c1-5-22-15-16-24(32-22)26(30)28-23(21-9-7-6-8-10-21)17-19-11-13-20(14-12-19)18-25(29)31-27(2,3)4/h1,6-10,15-16,18-19,23H,11-14,17H2,2-4H3,(H,28,30). The lowest BCUT2D eigenvalue weighted by Crippen LogP contribution is -2.30. The molecule has 1 aromatic carbocycles. The molecule has 4 nitrogen and oxygen atoms in total. The lowest BCUT2D eigenvalue weighted by Gasteiger charge is -2.29. The molecular formula is C27H31NO3S. The molecule has 1 atom stereocenters. The second-order valence-corrected chi connectivity index (χ2v) is 10.3. The van der Waals surface area contributed by atoms with Crippen molar-refractivity contribution in [1.82, 2.24) is 5.32 Å². The first-order valence-electron chi connectivity index (χ1n) is 11.1. The summed E-state index contributed by atoms with van der Waals surface area (Å²) in [4.78, 5) is 26.3. The molecule has 1 aliphatic rings. The molecule has 3 rings (SSSR count). The fourth-order valence-electron chi connectivity index (χ4n) is 3.99. The molecule has 32 heavy (non-hydrogen) atoms. The average molecular weight is 450 g/mol. The van der Waals surface area contributed by atoms with Crippen LogP contribution in [0.15, 0.2) is 54.1 Å². The molecule has 0 radical (unpaired) electrons.